The summed E-state index contributed by atoms with van der Waals surface area (Å²) >= 11 is 0. The van der Waals surface area contributed by atoms with Crippen LogP contribution in [0.1, 0.15) is 37.9 Å². The number of benzene rings is 2. The van der Waals surface area contributed by atoms with Crippen molar-refractivity contribution in [2.24, 2.45) is 0 Å². The van der Waals surface area contributed by atoms with Gasteiger partial charge in [0.05, 0.1) is 6.04 Å². The van der Waals surface area contributed by atoms with Gasteiger partial charge >= 0.3 is 0 Å². The quantitative estimate of drug-likeness (QED) is 0.710. The molecule has 23 heavy (non-hydrogen) atoms. The van der Waals surface area contributed by atoms with Crippen LogP contribution in [0.4, 0.5) is 0 Å². The van der Waals surface area contributed by atoms with Crippen molar-refractivity contribution in [2.75, 3.05) is 7.05 Å². The number of allylic oxidation sites excluding steroid dienone is 3. The lowest BCUT2D eigenvalue weighted by Crippen LogP contribution is -2.32. The lowest BCUT2D eigenvalue weighted by molar-refractivity contribution is 0.285. The molecule has 1 aliphatic heterocycles. The minimum atomic E-state index is -0.0616. The summed E-state index contributed by atoms with van der Waals surface area (Å²) in [5.74, 6) is 0. The Bertz CT molecular complexity index is 727. The molecule has 1 heterocycles. The summed E-state index contributed by atoms with van der Waals surface area (Å²) in [5, 5.41) is 0. The SMILES string of the molecule is C/C=C1/C(=C\C)C(C)(c2ccccc2)C(c2ccccc2)N1C. The molecular weight excluding hydrogens is 278 g/mol. The first-order chi connectivity index (χ1) is 11.1. The summed E-state index contributed by atoms with van der Waals surface area (Å²) in [4.78, 5) is 2.43. The molecule has 1 fully saturated rings. The van der Waals surface area contributed by atoms with Crippen molar-refractivity contribution in [1.29, 1.82) is 0 Å². The number of rotatable bonds is 2. The predicted molar refractivity (Wildman–Crippen MR) is 98.3 cm³/mol. The van der Waals surface area contributed by atoms with Gasteiger partial charge in [-0.1, -0.05) is 72.8 Å². The molecule has 0 saturated carbocycles. The van der Waals surface area contributed by atoms with Crippen molar-refractivity contribution in [3.8, 4) is 0 Å². The fourth-order valence-corrected chi connectivity index (χ4v) is 4.23. The zero-order chi connectivity index (χ0) is 16.4. The largest absolute Gasteiger partial charge is 0.366 e. The van der Waals surface area contributed by atoms with Gasteiger partial charge in [0.15, 0.2) is 0 Å². The van der Waals surface area contributed by atoms with Gasteiger partial charge in [0, 0.05) is 18.2 Å². The van der Waals surface area contributed by atoms with Crippen LogP contribution in [-0.2, 0) is 5.41 Å². The van der Waals surface area contributed by atoms with Crippen molar-refractivity contribution < 1.29 is 0 Å². The molecule has 2 aromatic carbocycles. The highest BCUT2D eigenvalue weighted by Gasteiger charge is 2.49. The second-order valence-corrected chi connectivity index (χ2v) is 6.37. The van der Waals surface area contributed by atoms with E-state index in [0.29, 0.717) is 6.04 Å². The molecule has 2 atom stereocenters. The van der Waals surface area contributed by atoms with E-state index >= 15 is 0 Å². The minimum Gasteiger partial charge on any atom is -0.366 e. The molecule has 0 bridgehead atoms. The maximum absolute atomic E-state index is 2.43. The van der Waals surface area contributed by atoms with Gasteiger partial charge in [-0.3, -0.25) is 0 Å². The summed E-state index contributed by atoms with van der Waals surface area (Å²) in [6.07, 6.45) is 4.52. The minimum absolute atomic E-state index is 0.0616. The third-order valence-electron chi connectivity index (χ3n) is 5.20. The van der Waals surface area contributed by atoms with Gasteiger partial charge in [-0.2, -0.15) is 0 Å². The van der Waals surface area contributed by atoms with E-state index < -0.39 is 0 Å². The van der Waals surface area contributed by atoms with Crippen LogP contribution in [-0.4, -0.2) is 11.9 Å². The maximum atomic E-state index is 2.43. The van der Waals surface area contributed by atoms with E-state index in [0.717, 1.165) is 0 Å². The third-order valence-corrected chi connectivity index (χ3v) is 5.20. The molecule has 0 amide bonds. The molecule has 2 unspecified atom stereocenters. The first-order valence-corrected chi connectivity index (χ1v) is 8.31. The Hall–Kier alpha value is -2.28. The summed E-state index contributed by atoms with van der Waals surface area (Å²) in [7, 11) is 2.21. The van der Waals surface area contributed by atoms with Gasteiger partial charge < -0.3 is 4.90 Å². The van der Waals surface area contributed by atoms with Crippen molar-refractivity contribution in [3.63, 3.8) is 0 Å². The summed E-state index contributed by atoms with van der Waals surface area (Å²) in [6.45, 7) is 6.66. The standard InChI is InChI=1S/C22H25N/c1-5-19-20(6-2)23(4)21(17-13-9-7-10-14-17)22(19,3)18-15-11-8-12-16-18/h5-16,21H,1-4H3/b19-5+,20-6-. The van der Waals surface area contributed by atoms with Crippen molar-refractivity contribution in [3.05, 3.63) is 95.2 Å². The average molecular weight is 303 g/mol. The van der Waals surface area contributed by atoms with Crippen LogP contribution in [0.15, 0.2) is 84.1 Å². The molecule has 0 aromatic heterocycles. The average Bonchev–Trinajstić information content (AvgIpc) is 2.83. The van der Waals surface area contributed by atoms with E-state index in [1.54, 1.807) is 0 Å². The molecule has 0 spiro atoms. The first-order valence-electron chi connectivity index (χ1n) is 8.31. The summed E-state index contributed by atoms with van der Waals surface area (Å²) in [5.41, 5.74) is 5.40. The molecule has 1 nitrogen and oxygen atoms in total. The fourth-order valence-electron chi connectivity index (χ4n) is 4.23. The number of likely N-dealkylation sites (N-methyl/N-ethyl adjacent to an activating group) is 1. The topological polar surface area (TPSA) is 3.24 Å². The molecule has 1 aliphatic rings. The first kappa shape index (κ1) is 15.6. The number of hydrogen-bond acceptors (Lipinski definition) is 1. The highest BCUT2D eigenvalue weighted by atomic mass is 15.2. The van der Waals surface area contributed by atoms with E-state index in [4.69, 9.17) is 0 Å². The molecule has 1 heteroatoms. The van der Waals surface area contributed by atoms with Gasteiger partial charge in [0.25, 0.3) is 0 Å². The summed E-state index contributed by atoms with van der Waals surface area (Å²) < 4.78 is 0. The Balaban J connectivity index is 2.27. The number of nitrogens with zero attached hydrogens (tertiary/aromatic N) is 1. The Kier molecular flexibility index (Phi) is 4.12. The predicted octanol–water partition coefficient (Wildman–Crippen LogP) is 5.48. The van der Waals surface area contributed by atoms with Crippen molar-refractivity contribution >= 4 is 0 Å². The highest BCUT2D eigenvalue weighted by molar-refractivity contribution is 5.54. The Morgan fingerprint density at radius 1 is 0.870 bits per heavy atom. The van der Waals surface area contributed by atoms with Gasteiger partial charge in [-0.25, -0.2) is 0 Å². The smallest absolute Gasteiger partial charge is 0.0674 e. The Morgan fingerprint density at radius 3 is 1.96 bits per heavy atom. The van der Waals surface area contributed by atoms with Gasteiger partial charge in [-0.05, 0) is 37.5 Å². The Labute approximate surface area is 140 Å². The van der Waals surface area contributed by atoms with Gasteiger partial charge in [0.1, 0.15) is 0 Å². The normalized spacial score (nSPS) is 27.8. The van der Waals surface area contributed by atoms with Gasteiger partial charge in [0.2, 0.25) is 0 Å². The van der Waals surface area contributed by atoms with Crippen LogP contribution < -0.4 is 0 Å². The zero-order valence-corrected chi connectivity index (χ0v) is 14.5. The van der Waals surface area contributed by atoms with Crippen LogP contribution in [0.3, 0.4) is 0 Å². The van der Waals surface area contributed by atoms with Crippen LogP contribution in [0, 0.1) is 0 Å². The lowest BCUT2D eigenvalue weighted by Gasteiger charge is -2.35. The number of hydrogen-bond donors (Lipinski definition) is 0. The third kappa shape index (κ3) is 2.31. The van der Waals surface area contributed by atoms with Crippen molar-refractivity contribution in [1.82, 2.24) is 4.90 Å². The second-order valence-electron chi connectivity index (χ2n) is 6.37. The van der Waals surface area contributed by atoms with Crippen molar-refractivity contribution in [2.45, 2.75) is 32.2 Å². The van der Waals surface area contributed by atoms with Gasteiger partial charge in [-0.15, -0.1) is 0 Å². The summed E-state index contributed by atoms with van der Waals surface area (Å²) in [6, 6.07) is 22.0. The molecular formula is C22H25N. The monoisotopic (exact) mass is 303 g/mol. The molecule has 0 N–H and O–H groups in total. The Morgan fingerprint density at radius 2 is 1.43 bits per heavy atom. The molecule has 0 radical (unpaired) electrons. The maximum Gasteiger partial charge on any atom is 0.0674 e. The van der Waals surface area contributed by atoms with E-state index in [9.17, 15) is 0 Å². The van der Waals surface area contributed by atoms with Crippen LogP contribution >= 0.6 is 0 Å². The zero-order valence-electron chi connectivity index (χ0n) is 14.5. The molecule has 3 rings (SSSR count). The van der Waals surface area contributed by atoms with Crippen LogP contribution in [0.5, 0.6) is 0 Å². The van der Waals surface area contributed by atoms with Crippen LogP contribution in [0.25, 0.3) is 0 Å². The van der Waals surface area contributed by atoms with E-state index in [-0.39, 0.29) is 5.41 Å². The number of likely N-dealkylation sites (tertiary alicyclic amines) is 1. The molecule has 118 valence electrons. The molecule has 2 aromatic rings. The van der Waals surface area contributed by atoms with Crippen LogP contribution in [0.2, 0.25) is 0 Å². The second kappa shape index (κ2) is 6.08. The van der Waals surface area contributed by atoms with E-state index in [1.165, 1.54) is 22.4 Å². The molecule has 1 saturated heterocycles. The highest BCUT2D eigenvalue weighted by Crippen LogP contribution is 2.55. The van der Waals surface area contributed by atoms with E-state index in [2.05, 4.69) is 106 Å². The lowest BCUT2D eigenvalue weighted by atomic mass is 9.70. The molecule has 0 aliphatic carbocycles. The fraction of sp³-hybridized carbons (Fsp3) is 0.273. The van der Waals surface area contributed by atoms with E-state index in [1.807, 2.05) is 0 Å².